The molecule has 2 nitrogen and oxygen atoms in total. The largest absolute Gasteiger partial charge is 0.492 e. The van der Waals surface area contributed by atoms with Gasteiger partial charge in [-0.25, -0.2) is 0 Å². The van der Waals surface area contributed by atoms with E-state index in [-0.39, 0.29) is 0 Å². The van der Waals surface area contributed by atoms with Crippen molar-refractivity contribution in [2.75, 3.05) is 26.2 Å². The number of benzene rings is 1. The summed E-state index contributed by atoms with van der Waals surface area (Å²) in [5, 5.41) is 0. The van der Waals surface area contributed by atoms with Crippen molar-refractivity contribution in [1.82, 2.24) is 4.90 Å². The fourth-order valence-corrected chi connectivity index (χ4v) is 2.05. The predicted octanol–water partition coefficient (Wildman–Crippen LogP) is 3.97. The first-order chi connectivity index (χ1) is 8.86. The molecule has 0 aliphatic rings. The highest BCUT2D eigenvalue weighted by Crippen LogP contribution is 2.08. The second-order valence-corrected chi connectivity index (χ2v) is 4.71. The Morgan fingerprint density at radius 2 is 1.67 bits per heavy atom. The summed E-state index contributed by atoms with van der Waals surface area (Å²) in [6.07, 6.45) is 5.15. The van der Waals surface area contributed by atoms with Gasteiger partial charge in [0.15, 0.2) is 0 Å². The highest BCUT2D eigenvalue weighted by atomic mass is 16.5. The van der Waals surface area contributed by atoms with Crippen LogP contribution in [0.3, 0.4) is 0 Å². The Morgan fingerprint density at radius 3 is 2.33 bits per heavy atom. The van der Waals surface area contributed by atoms with Crippen LogP contribution < -0.4 is 4.74 Å². The maximum atomic E-state index is 5.75. The highest BCUT2D eigenvalue weighted by molar-refractivity contribution is 5.20. The van der Waals surface area contributed by atoms with Crippen molar-refractivity contribution < 1.29 is 4.74 Å². The molecule has 0 N–H and O–H groups in total. The van der Waals surface area contributed by atoms with Gasteiger partial charge in [0, 0.05) is 6.54 Å². The first kappa shape index (κ1) is 15.0. The van der Waals surface area contributed by atoms with Gasteiger partial charge in [-0.2, -0.15) is 0 Å². The van der Waals surface area contributed by atoms with E-state index in [4.69, 9.17) is 4.74 Å². The van der Waals surface area contributed by atoms with Crippen LogP contribution in [0.1, 0.15) is 39.5 Å². The number of nitrogens with zero attached hydrogens (tertiary/aromatic N) is 1. The molecule has 0 aliphatic carbocycles. The minimum atomic E-state index is 0.788. The van der Waals surface area contributed by atoms with Gasteiger partial charge in [-0.3, -0.25) is 4.90 Å². The van der Waals surface area contributed by atoms with Gasteiger partial charge in [-0.05, 0) is 38.1 Å². The molecule has 0 unspecified atom stereocenters. The van der Waals surface area contributed by atoms with Crippen LogP contribution in [0.25, 0.3) is 0 Å². The van der Waals surface area contributed by atoms with Gasteiger partial charge in [0.2, 0.25) is 0 Å². The molecular formula is C16H27NO. The summed E-state index contributed by atoms with van der Waals surface area (Å²) >= 11 is 0. The predicted molar refractivity (Wildman–Crippen MR) is 78.2 cm³/mol. The van der Waals surface area contributed by atoms with E-state index in [0.717, 1.165) is 18.9 Å². The first-order valence-electron chi connectivity index (χ1n) is 7.27. The lowest BCUT2D eigenvalue weighted by atomic mass is 10.2. The molecule has 0 saturated heterocycles. The molecule has 0 bridgehead atoms. The standard InChI is InChI=1S/C16H27NO/c1-3-5-9-13-17(12-4-2)14-15-18-16-10-7-6-8-11-16/h6-8,10-11H,3-5,9,12-15H2,1-2H3. The molecule has 0 heterocycles. The van der Waals surface area contributed by atoms with Gasteiger partial charge in [0.05, 0.1) is 0 Å². The van der Waals surface area contributed by atoms with E-state index in [1.54, 1.807) is 0 Å². The summed E-state index contributed by atoms with van der Waals surface area (Å²) in [6.45, 7) is 8.71. The lowest BCUT2D eigenvalue weighted by Gasteiger charge is -2.21. The molecule has 0 radical (unpaired) electrons. The van der Waals surface area contributed by atoms with Crippen molar-refractivity contribution in [2.24, 2.45) is 0 Å². The molecule has 0 saturated carbocycles. The van der Waals surface area contributed by atoms with Crippen molar-refractivity contribution in [3.8, 4) is 5.75 Å². The smallest absolute Gasteiger partial charge is 0.119 e. The fraction of sp³-hybridized carbons (Fsp3) is 0.625. The summed E-state index contributed by atoms with van der Waals surface area (Å²) in [6, 6.07) is 10.1. The molecule has 2 heteroatoms. The molecule has 1 aromatic rings. The molecule has 0 aliphatic heterocycles. The van der Waals surface area contributed by atoms with Crippen LogP contribution in [0.4, 0.5) is 0 Å². The second-order valence-electron chi connectivity index (χ2n) is 4.71. The Balaban J connectivity index is 2.20. The zero-order valence-electron chi connectivity index (χ0n) is 11.9. The molecule has 18 heavy (non-hydrogen) atoms. The van der Waals surface area contributed by atoms with E-state index < -0.39 is 0 Å². The van der Waals surface area contributed by atoms with Crippen LogP contribution >= 0.6 is 0 Å². The Hall–Kier alpha value is -1.02. The topological polar surface area (TPSA) is 12.5 Å². The molecule has 0 aromatic heterocycles. The molecule has 1 rings (SSSR count). The van der Waals surface area contributed by atoms with Crippen molar-refractivity contribution in [1.29, 1.82) is 0 Å². The molecule has 0 atom stereocenters. The summed E-state index contributed by atoms with van der Waals surface area (Å²) in [4.78, 5) is 2.51. The van der Waals surface area contributed by atoms with E-state index in [1.807, 2.05) is 30.3 Å². The van der Waals surface area contributed by atoms with Crippen LogP contribution in [0.15, 0.2) is 30.3 Å². The number of ether oxygens (including phenoxy) is 1. The Kier molecular flexibility index (Phi) is 8.32. The van der Waals surface area contributed by atoms with E-state index in [1.165, 1.54) is 38.8 Å². The first-order valence-corrected chi connectivity index (χ1v) is 7.27. The Morgan fingerprint density at radius 1 is 0.889 bits per heavy atom. The molecule has 0 amide bonds. The lowest BCUT2D eigenvalue weighted by Crippen LogP contribution is -2.30. The van der Waals surface area contributed by atoms with E-state index in [0.29, 0.717) is 0 Å². The zero-order valence-corrected chi connectivity index (χ0v) is 11.9. The summed E-state index contributed by atoms with van der Waals surface area (Å²) in [7, 11) is 0. The van der Waals surface area contributed by atoms with E-state index >= 15 is 0 Å². The van der Waals surface area contributed by atoms with Gasteiger partial charge in [0.1, 0.15) is 12.4 Å². The van der Waals surface area contributed by atoms with Crippen LogP contribution in [-0.2, 0) is 0 Å². The summed E-state index contributed by atoms with van der Waals surface area (Å²) in [5.74, 6) is 0.975. The number of hydrogen-bond acceptors (Lipinski definition) is 2. The van der Waals surface area contributed by atoms with E-state index in [2.05, 4.69) is 18.7 Å². The van der Waals surface area contributed by atoms with E-state index in [9.17, 15) is 0 Å². The number of hydrogen-bond donors (Lipinski definition) is 0. The number of unbranched alkanes of at least 4 members (excludes halogenated alkanes) is 2. The summed E-state index contributed by atoms with van der Waals surface area (Å²) < 4.78 is 5.75. The normalized spacial score (nSPS) is 10.8. The number of rotatable bonds is 10. The third kappa shape index (κ3) is 6.65. The maximum absolute atomic E-state index is 5.75. The maximum Gasteiger partial charge on any atom is 0.119 e. The van der Waals surface area contributed by atoms with Crippen LogP contribution in [0, 0.1) is 0 Å². The minimum Gasteiger partial charge on any atom is -0.492 e. The third-order valence-electron chi connectivity index (χ3n) is 3.04. The lowest BCUT2D eigenvalue weighted by molar-refractivity contribution is 0.206. The van der Waals surface area contributed by atoms with Gasteiger partial charge in [-0.1, -0.05) is 44.9 Å². The van der Waals surface area contributed by atoms with Gasteiger partial charge < -0.3 is 4.74 Å². The molecule has 1 aromatic carbocycles. The molecule has 0 spiro atoms. The zero-order chi connectivity index (χ0) is 13.1. The van der Waals surface area contributed by atoms with Crippen LogP contribution in [0.5, 0.6) is 5.75 Å². The Bertz CT molecular complexity index is 286. The monoisotopic (exact) mass is 249 g/mol. The van der Waals surface area contributed by atoms with Gasteiger partial charge in [-0.15, -0.1) is 0 Å². The quantitative estimate of drug-likeness (QED) is 0.582. The van der Waals surface area contributed by atoms with Crippen molar-refractivity contribution in [2.45, 2.75) is 39.5 Å². The van der Waals surface area contributed by atoms with Gasteiger partial charge in [0.25, 0.3) is 0 Å². The highest BCUT2D eigenvalue weighted by Gasteiger charge is 2.03. The fourth-order valence-electron chi connectivity index (χ4n) is 2.05. The van der Waals surface area contributed by atoms with Crippen molar-refractivity contribution in [3.63, 3.8) is 0 Å². The Labute approximate surface area is 112 Å². The average molecular weight is 249 g/mol. The van der Waals surface area contributed by atoms with Crippen molar-refractivity contribution >= 4 is 0 Å². The minimum absolute atomic E-state index is 0.788. The SMILES string of the molecule is CCCCCN(CCC)CCOc1ccccc1. The van der Waals surface area contributed by atoms with Gasteiger partial charge >= 0.3 is 0 Å². The third-order valence-corrected chi connectivity index (χ3v) is 3.04. The second kappa shape index (κ2) is 9.95. The molecular weight excluding hydrogens is 222 g/mol. The summed E-state index contributed by atoms with van der Waals surface area (Å²) in [5.41, 5.74) is 0. The van der Waals surface area contributed by atoms with Crippen LogP contribution in [0.2, 0.25) is 0 Å². The average Bonchev–Trinajstić information content (AvgIpc) is 2.40. The number of para-hydroxylation sites is 1. The molecule has 0 fully saturated rings. The molecule has 102 valence electrons. The van der Waals surface area contributed by atoms with Crippen LogP contribution in [-0.4, -0.2) is 31.1 Å². The van der Waals surface area contributed by atoms with Crippen molar-refractivity contribution in [3.05, 3.63) is 30.3 Å².